The van der Waals surface area contributed by atoms with Crippen molar-refractivity contribution in [2.45, 2.75) is 0 Å². The lowest BCUT2D eigenvalue weighted by Gasteiger charge is -2.22. The first-order valence-corrected chi connectivity index (χ1v) is 6.66. The van der Waals surface area contributed by atoms with Crippen LogP contribution in [0.15, 0.2) is 36.4 Å². The lowest BCUT2D eigenvalue weighted by Crippen LogP contribution is -2.04. The van der Waals surface area contributed by atoms with Crippen molar-refractivity contribution in [3.8, 4) is 34.5 Å². The fraction of sp³-hybridized carbons (Fsp3) is 0. The summed E-state index contributed by atoms with van der Waals surface area (Å²) in [5.41, 5.74) is -1.96. The molecular formula is C14H6Cl2O6. The molecule has 112 valence electrons. The molecule has 2 aromatic carbocycles. The SMILES string of the molecule is O=C(Cl)Oc1ccc2c(c1)Oc1cccc(OC(=O)Cl)c1O2. The van der Waals surface area contributed by atoms with Crippen LogP contribution in [-0.4, -0.2) is 10.9 Å². The summed E-state index contributed by atoms with van der Waals surface area (Å²) < 4.78 is 20.9. The molecule has 0 saturated heterocycles. The Labute approximate surface area is 134 Å². The molecule has 6 nitrogen and oxygen atoms in total. The summed E-state index contributed by atoms with van der Waals surface area (Å²) in [6.07, 6.45) is 0. The molecule has 1 aliphatic heterocycles. The Morgan fingerprint density at radius 1 is 0.864 bits per heavy atom. The van der Waals surface area contributed by atoms with Gasteiger partial charge in [-0.05, 0) is 24.3 Å². The molecule has 0 spiro atoms. The van der Waals surface area contributed by atoms with Gasteiger partial charge >= 0.3 is 10.9 Å². The van der Waals surface area contributed by atoms with Gasteiger partial charge in [-0.3, -0.25) is 0 Å². The van der Waals surface area contributed by atoms with Gasteiger partial charge in [-0.1, -0.05) is 6.07 Å². The van der Waals surface area contributed by atoms with Gasteiger partial charge in [-0.15, -0.1) is 0 Å². The normalized spacial score (nSPS) is 11.4. The highest BCUT2D eigenvalue weighted by molar-refractivity contribution is 6.61. The standard InChI is InChI=1S/C14H6Cl2O6/c15-13(17)19-7-4-5-8-11(6-7)20-9-2-1-3-10(12(9)21-8)22-14(16)18/h1-6H. The summed E-state index contributed by atoms with van der Waals surface area (Å²) in [5, 5.41) is 0. The van der Waals surface area contributed by atoms with Crippen LogP contribution >= 0.6 is 23.2 Å². The zero-order valence-electron chi connectivity index (χ0n) is 10.7. The number of ether oxygens (including phenoxy) is 4. The minimum Gasteiger partial charge on any atom is -0.449 e. The summed E-state index contributed by atoms with van der Waals surface area (Å²) >= 11 is 10.4. The number of hydrogen-bond acceptors (Lipinski definition) is 6. The fourth-order valence-electron chi connectivity index (χ4n) is 1.88. The molecule has 3 rings (SSSR count). The Hall–Kier alpha value is -2.44. The molecule has 1 aliphatic rings. The van der Waals surface area contributed by atoms with Crippen LogP contribution in [-0.2, 0) is 0 Å². The molecule has 0 atom stereocenters. The zero-order chi connectivity index (χ0) is 15.7. The molecule has 0 radical (unpaired) electrons. The third-order valence-electron chi connectivity index (χ3n) is 2.68. The second-order valence-electron chi connectivity index (χ2n) is 4.08. The minimum absolute atomic E-state index is 0.124. The first-order chi connectivity index (χ1) is 10.5. The highest BCUT2D eigenvalue weighted by Crippen LogP contribution is 2.50. The minimum atomic E-state index is -0.993. The molecule has 8 heteroatoms. The van der Waals surface area contributed by atoms with Crippen LogP contribution in [0.25, 0.3) is 0 Å². The van der Waals surface area contributed by atoms with Crippen LogP contribution in [0.3, 0.4) is 0 Å². The van der Waals surface area contributed by atoms with E-state index in [1.807, 2.05) is 0 Å². The Kier molecular flexibility index (Phi) is 3.79. The highest BCUT2D eigenvalue weighted by atomic mass is 35.5. The van der Waals surface area contributed by atoms with Gasteiger partial charge in [0.2, 0.25) is 5.75 Å². The molecule has 0 fully saturated rings. The van der Waals surface area contributed by atoms with Gasteiger partial charge in [0.25, 0.3) is 0 Å². The quantitative estimate of drug-likeness (QED) is 0.607. The number of para-hydroxylation sites is 1. The second kappa shape index (κ2) is 5.75. The van der Waals surface area contributed by atoms with E-state index in [1.54, 1.807) is 12.1 Å². The van der Waals surface area contributed by atoms with Crippen molar-refractivity contribution in [3.05, 3.63) is 36.4 Å². The number of carbonyl (C=O) groups is 2. The molecule has 0 aromatic heterocycles. The molecule has 0 unspecified atom stereocenters. The van der Waals surface area contributed by atoms with Gasteiger partial charge in [0.1, 0.15) is 5.75 Å². The number of fused-ring (bicyclic) bond motifs is 2. The molecule has 0 aliphatic carbocycles. The third-order valence-corrected chi connectivity index (χ3v) is 2.83. The average molecular weight is 341 g/mol. The summed E-state index contributed by atoms with van der Waals surface area (Å²) in [6, 6.07) is 9.17. The van der Waals surface area contributed by atoms with Crippen LogP contribution in [0.4, 0.5) is 9.59 Å². The van der Waals surface area contributed by atoms with Crippen molar-refractivity contribution in [2.75, 3.05) is 0 Å². The number of carbonyl (C=O) groups excluding carboxylic acids is 2. The van der Waals surface area contributed by atoms with E-state index in [4.69, 9.17) is 42.1 Å². The Bertz CT molecular complexity index is 774. The Morgan fingerprint density at radius 3 is 2.36 bits per heavy atom. The van der Waals surface area contributed by atoms with Crippen LogP contribution in [0.2, 0.25) is 0 Å². The van der Waals surface area contributed by atoms with Crippen molar-refractivity contribution in [2.24, 2.45) is 0 Å². The second-order valence-corrected chi connectivity index (χ2v) is 4.69. The van der Waals surface area contributed by atoms with Gasteiger partial charge in [0, 0.05) is 29.3 Å². The smallest absolute Gasteiger partial charge is 0.409 e. The first-order valence-electron chi connectivity index (χ1n) is 5.90. The van der Waals surface area contributed by atoms with Crippen molar-refractivity contribution in [1.29, 1.82) is 0 Å². The van der Waals surface area contributed by atoms with Gasteiger partial charge in [-0.25, -0.2) is 9.59 Å². The van der Waals surface area contributed by atoms with Gasteiger partial charge in [-0.2, -0.15) is 0 Å². The average Bonchev–Trinajstić information content (AvgIpc) is 2.44. The van der Waals surface area contributed by atoms with Crippen LogP contribution in [0.1, 0.15) is 0 Å². The molecule has 1 heterocycles. The van der Waals surface area contributed by atoms with Gasteiger partial charge in [0.15, 0.2) is 23.0 Å². The van der Waals surface area contributed by atoms with E-state index in [0.29, 0.717) is 17.2 Å². The van der Waals surface area contributed by atoms with E-state index in [1.165, 1.54) is 24.3 Å². The van der Waals surface area contributed by atoms with Crippen LogP contribution < -0.4 is 18.9 Å². The number of benzene rings is 2. The maximum absolute atomic E-state index is 10.9. The number of halogens is 2. The largest absolute Gasteiger partial charge is 0.449 e. The van der Waals surface area contributed by atoms with Crippen LogP contribution in [0.5, 0.6) is 34.5 Å². The molecular weight excluding hydrogens is 335 g/mol. The van der Waals surface area contributed by atoms with E-state index in [0.717, 1.165) is 0 Å². The fourth-order valence-corrected chi connectivity index (χ4v) is 2.05. The Balaban J connectivity index is 1.94. The number of rotatable bonds is 2. The Morgan fingerprint density at radius 2 is 1.64 bits per heavy atom. The zero-order valence-corrected chi connectivity index (χ0v) is 12.2. The third kappa shape index (κ3) is 2.93. The summed E-state index contributed by atoms with van der Waals surface area (Å²) in [4.78, 5) is 21.6. The number of hydrogen-bond donors (Lipinski definition) is 0. The monoisotopic (exact) mass is 340 g/mol. The van der Waals surface area contributed by atoms with Crippen molar-refractivity contribution in [3.63, 3.8) is 0 Å². The molecule has 2 aromatic rings. The van der Waals surface area contributed by atoms with E-state index < -0.39 is 10.9 Å². The van der Waals surface area contributed by atoms with Gasteiger partial charge < -0.3 is 18.9 Å². The van der Waals surface area contributed by atoms with Gasteiger partial charge in [0.05, 0.1) is 0 Å². The van der Waals surface area contributed by atoms with E-state index in [2.05, 4.69) is 0 Å². The summed E-state index contributed by atoms with van der Waals surface area (Å²) in [5.74, 6) is 1.52. The molecule has 0 saturated carbocycles. The lowest BCUT2D eigenvalue weighted by atomic mass is 10.2. The summed E-state index contributed by atoms with van der Waals surface area (Å²) in [6.45, 7) is 0. The molecule has 22 heavy (non-hydrogen) atoms. The maximum Gasteiger partial charge on any atom is 0.409 e. The first kappa shape index (κ1) is 14.5. The maximum atomic E-state index is 10.9. The van der Waals surface area contributed by atoms with Crippen molar-refractivity contribution >= 4 is 34.1 Å². The lowest BCUT2D eigenvalue weighted by molar-refractivity contribution is 0.223. The van der Waals surface area contributed by atoms with Crippen molar-refractivity contribution in [1.82, 2.24) is 0 Å². The van der Waals surface area contributed by atoms with E-state index in [9.17, 15) is 9.59 Å². The van der Waals surface area contributed by atoms with E-state index in [-0.39, 0.29) is 17.2 Å². The topological polar surface area (TPSA) is 71.1 Å². The van der Waals surface area contributed by atoms with Crippen LogP contribution in [0, 0.1) is 0 Å². The predicted molar refractivity (Wildman–Crippen MR) is 76.8 cm³/mol. The molecule has 0 amide bonds. The molecule has 0 bridgehead atoms. The van der Waals surface area contributed by atoms with E-state index >= 15 is 0 Å². The molecule has 0 N–H and O–H groups in total. The highest BCUT2D eigenvalue weighted by Gasteiger charge is 2.24. The summed E-state index contributed by atoms with van der Waals surface area (Å²) in [7, 11) is 0. The van der Waals surface area contributed by atoms with Crippen molar-refractivity contribution < 1.29 is 28.5 Å². The predicted octanol–water partition coefficient (Wildman–Crippen LogP) is 5.06.